The van der Waals surface area contributed by atoms with E-state index in [1.54, 1.807) is 19.1 Å². The van der Waals surface area contributed by atoms with Gasteiger partial charge in [0.05, 0.1) is 17.6 Å². The van der Waals surface area contributed by atoms with Gasteiger partial charge in [0.2, 0.25) is 10.0 Å². The molecule has 1 rings (SSSR count). The maximum atomic E-state index is 12.3. The van der Waals surface area contributed by atoms with Gasteiger partial charge in [0.25, 0.3) is 0 Å². The van der Waals surface area contributed by atoms with Crippen LogP contribution in [-0.2, 0) is 14.8 Å². The molecular formula is C15H21NO4S. The zero-order valence-electron chi connectivity index (χ0n) is 12.5. The normalized spacial score (nSPS) is 12.6. The van der Waals surface area contributed by atoms with Crippen LogP contribution in [0, 0.1) is 18.8 Å². The van der Waals surface area contributed by atoms with Gasteiger partial charge in [0.15, 0.2) is 0 Å². The van der Waals surface area contributed by atoms with Crippen molar-refractivity contribution in [3.8, 4) is 11.8 Å². The van der Waals surface area contributed by atoms with Gasteiger partial charge < -0.3 is 9.84 Å². The Morgan fingerprint density at radius 1 is 1.43 bits per heavy atom. The second kappa shape index (κ2) is 8.15. The Morgan fingerprint density at radius 3 is 2.76 bits per heavy atom. The van der Waals surface area contributed by atoms with Gasteiger partial charge in [-0.15, -0.1) is 0 Å². The van der Waals surface area contributed by atoms with E-state index in [4.69, 9.17) is 9.84 Å². The molecule has 0 aliphatic rings. The lowest BCUT2D eigenvalue weighted by atomic mass is 10.1. The van der Waals surface area contributed by atoms with Gasteiger partial charge in [-0.3, -0.25) is 0 Å². The third-order valence-electron chi connectivity index (χ3n) is 2.85. The summed E-state index contributed by atoms with van der Waals surface area (Å²) in [6, 6.07) is 4.99. The highest BCUT2D eigenvalue weighted by molar-refractivity contribution is 7.89. The van der Waals surface area contributed by atoms with E-state index in [0.717, 1.165) is 5.56 Å². The molecule has 2 N–H and O–H groups in total. The zero-order chi connectivity index (χ0) is 15.9. The molecule has 21 heavy (non-hydrogen) atoms. The first-order valence-corrected chi connectivity index (χ1v) is 8.12. The molecule has 0 aliphatic carbocycles. The van der Waals surface area contributed by atoms with E-state index >= 15 is 0 Å². The molecule has 0 amide bonds. The second-order valence-electron chi connectivity index (χ2n) is 4.67. The number of sulfonamides is 1. The molecule has 0 fully saturated rings. The molecule has 1 aromatic carbocycles. The summed E-state index contributed by atoms with van der Waals surface area (Å²) in [5.74, 6) is 5.55. The summed E-state index contributed by atoms with van der Waals surface area (Å²) in [4.78, 5) is 0.141. The van der Waals surface area contributed by atoms with Crippen molar-refractivity contribution in [2.75, 3.05) is 20.3 Å². The number of aliphatic hydroxyl groups excluding tert-OH is 1. The molecule has 0 radical (unpaired) electrons. The molecular weight excluding hydrogens is 290 g/mol. The van der Waals surface area contributed by atoms with Gasteiger partial charge >= 0.3 is 0 Å². The fraction of sp³-hybridized carbons (Fsp3) is 0.467. The molecule has 0 aromatic heterocycles. The van der Waals surface area contributed by atoms with Crippen molar-refractivity contribution in [1.29, 1.82) is 0 Å². The Morgan fingerprint density at radius 2 is 2.14 bits per heavy atom. The van der Waals surface area contributed by atoms with Crippen LogP contribution < -0.4 is 4.72 Å². The van der Waals surface area contributed by atoms with Gasteiger partial charge in [-0.2, -0.15) is 0 Å². The van der Waals surface area contributed by atoms with Gasteiger partial charge in [-0.25, -0.2) is 13.1 Å². The number of ether oxygens (including phenoxy) is 1. The topological polar surface area (TPSA) is 75.6 Å². The van der Waals surface area contributed by atoms with Crippen LogP contribution in [0.1, 0.15) is 24.5 Å². The highest BCUT2D eigenvalue weighted by Crippen LogP contribution is 2.16. The van der Waals surface area contributed by atoms with Crippen LogP contribution in [0.5, 0.6) is 0 Å². The number of benzene rings is 1. The van der Waals surface area contributed by atoms with E-state index in [2.05, 4.69) is 16.6 Å². The maximum absolute atomic E-state index is 12.3. The lowest BCUT2D eigenvalue weighted by Gasteiger charge is -2.12. The minimum atomic E-state index is -3.64. The molecule has 1 aromatic rings. The van der Waals surface area contributed by atoms with E-state index in [1.807, 2.05) is 6.92 Å². The third kappa shape index (κ3) is 5.48. The van der Waals surface area contributed by atoms with Gasteiger partial charge in [-0.05, 0) is 31.5 Å². The van der Waals surface area contributed by atoms with E-state index in [9.17, 15) is 8.42 Å². The Bertz CT molecular complexity index is 629. The summed E-state index contributed by atoms with van der Waals surface area (Å²) in [5, 5.41) is 8.75. The van der Waals surface area contributed by atoms with Crippen molar-refractivity contribution in [1.82, 2.24) is 4.72 Å². The number of aryl methyl sites for hydroxylation is 1. The summed E-state index contributed by atoms with van der Waals surface area (Å²) in [6.07, 6.45) is 0.0934. The summed E-state index contributed by atoms with van der Waals surface area (Å²) in [5.41, 5.74) is 1.36. The number of nitrogens with one attached hydrogen (secondary N) is 1. The fourth-order valence-electron chi connectivity index (χ4n) is 1.58. The molecule has 5 nitrogen and oxygen atoms in total. The number of hydrogen-bond acceptors (Lipinski definition) is 4. The van der Waals surface area contributed by atoms with Crippen LogP contribution >= 0.6 is 0 Å². The SMILES string of the molecule is COC(C)CNS(=O)(=O)c1ccc(C)cc1C#CCCO. The molecule has 1 atom stereocenters. The standard InChI is InChI=1S/C15H21NO4S/c1-12-7-8-15(14(10-12)6-4-5-9-17)21(18,19)16-11-13(2)20-3/h7-8,10,13,16-17H,5,9,11H2,1-3H3. The van der Waals surface area contributed by atoms with Crippen LogP contribution in [0.4, 0.5) is 0 Å². The van der Waals surface area contributed by atoms with E-state index in [0.29, 0.717) is 12.0 Å². The lowest BCUT2D eigenvalue weighted by molar-refractivity contribution is 0.122. The van der Waals surface area contributed by atoms with Crippen LogP contribution in [-0.4, -0.2) is 39.9 Å². The van der Waals surface area contributed by atoms with Crippen LogP contribution in [0.2, 0.25) is 0 Å². The van der Waals surface area contributed by atoms with Gasteiger partial charge in [0.1, 0.15) is 0 Å². The molecule has 6 heteroatoms. The molecule has 0 spiro atoms. The Kier molecular flexibility index (Phi) is 6.85. The van der Waals surface area contributed by atoms with Crippen molar-refractivity contribution < 1.29 is 18.3 Å². The smallest absolute Gasteiger partial charge is 0.241 e. The first kappa shape index (κ1) is 17.7. The highest BCUT2D eigenvalue weighted by Gasteiger charge is 2.18. The van der Waals surface area contributed by atoms with Crippen LogP contribution in [0.25, 0.3) is 0 Å². The number of rotatable bonds is 6. The molecule has 0 aliphatic heterocycles. The lowest BCUT2D eigenvalue weighted by Crippen LogP contribution is -2.32. The third-order valence-corrected chi connectivity index (χ3v) is 4.33. The number of hydrogen-bond donors (Lipinski definition) is 2. The summed E-state index contributed by atoms with van der Waals surface area (Å²) >= 11 is 0. The highest BCUT2D eigenvalue weighted by atomic mass is 32.2. The van der Waals surface area contributed by atoms with Crippen LogP contribution in [0.15, 0.2) is 23.1 Å². The first-order valence-electron chi connectivity index (χ1n) is 6.63. The minimum Gasteiger partial charge on any atom is -0.395 e. The Balaban J connectivity index is 3.08. The predicted octanol–water partition coefficient (Wildman–Crippen LogP) is 1.04. The maximum Gasteiger partial charge on any atom is 0.241 e. The first-order chi connectivity index (χ1) is 9.90. The number of aliphatic hydroxyl groups is 1. The quantitative estimate of drug-likeness (QED) is 0.770. The minimum absolute atomic E-state index is 0.0511. The Hall–Kier alpha value is -1.39. The zero-order valence-corrected chi connectivity index (χ0v) is 13.3. The molecule has 0 saturated carbocycles. The average molecular weight is 311 g/mol. The van der Waals surface area contributed by atoms with Crippen molar-refractivity contribution >= 4 is 10.0 Å². The second-order valence-corrected chi connectivity index (χ2v) is 6.41. The molecule has 0 heterocycles. The average Bonchev–Trinajstić information content (AvgIpc) is 2.45. The summed E-state index contributed by atoms with van der Waals surface area (Å²) in [6.45, 7) is 3.79. The van der Waals surface area contributed by atoms with E-state index in [-0.39, 0.29) is 24.2 Å². The van der Waals surface area contributed by atoms with E-state index in [1.165, 1.54) is 13.2 Å². The summed E-state index contributed by atoms with van der Waals surface area (Å²) < 4.78 is 32.2. The molecule has 0 saturated heterocycles. The van der Waals surface area contributed by atoms with Crippen molar-refractivity contribution in [2.45, 2.75) is 31.3 Å². The van der Waals surface area contributed by atoms with Crippen LogP contribution in [0.3, 0.4) is 0 Å². The Labute approximate surface area is 126 Å². The molecule has 1 unspecified atom stereocenters. The van der Waals surface area contributed by atoms with E-state index < -0.39 is 10.0 Å². The predicted molar refractivity (Wildman–Crippen MR) is 81.4 cm³/mol. The fourth-order valence-corrected chi connectivity index (χ4v) is 2.83. The molecule has 0 bridgehead atoms. The largest absolute Gasteiger partial charge is 0.395 e. The molecule has 116 valence electrons. The van der Waals surface area contributed by atoms with Crippen molar-refractivity contribution in [2.24, 2.45) is 0 Å². The van der Waals surface area contributed by atoms with Crippen molar-refractivity contribution in [3.05, 3.63) is 29.3 Å². The van der Waals surface area contributed by atoms with Gasteiger partial charge in [-0.1, -0.05) is 17.9 Å². The number of methoxy groups -OCH3 is 1. The monoisotopic (exact) mass is 311 g/mol. The van der Waals surface area contributed by atoms with Gasteiger partial charge in [0, 0.05) is 25.6 Å². The van der Waals surface area contributed by atoms with Crippen molar-refractivity contribution in [3.63, 3.8) is 0 Å². The summed E-state index contributed by atoms with van der Waals surface area (Å²) in [7, 11) is -2.12.